The minimum absolute atomic E-state index is 0.177. The van der Waals surface area contributed by atoms with Crippen molar-refractivity contribution in [1.29, 1.82) is 0 Å². The van der Waals surface area contributed by atoms with Gasteiger partial charge in [-0.25, -0.2) is 9.18 Å². The number of hydrogen-bond donors (Lipinski definition) is 2. The van der Waals surface area contributed by atoms with Gasteiger partial charge < -0.3 is 24.3 Å². The standard InChI is InChI=1S/C29H30FN3O5/c1-17-6-8-18(9-7-17)23-21-14-15-33(16-22(34)31-20-12-10-19(30)11-13-20)24(21)27(35)32(5)25(23)26(28(36)37)38-29(2,3)4/h6-15,26H,16H2,1-5H3,(H,31,34)(H,36,37). The lowest BCUT2D eigenvalue weighted by Crippen LogP contribution is -2.33. The van der Waals surface area contributed by atoms with Gasteiger partial charge in [-0.2, -0.15) is 0 Å². The van der Waals surface area contributed by atoms with E-state index in [1.807, 2.05) is 31.2 Å². The molecule has 1 atom stereocenters. The Morgan fingerprint density at radius 2 is 1.68 bits per heavy atom. The number of benzene rings is 2. The van der Waals surface area contributed by atoms with Crippen molar-refractivity contribution in [2.75, 3.05) is 5.32 Å². The summed E-state index contributed by atoms with van der Waals surface area (Å²) in [5, 5.41) is 13.4. The van der Waals surface area contributed by atoms with E-state index >= 15 is 0 Å². The van der Waals surface area contributed by atoms with Gasteiger partial charge in [0.25, 0.3) is 5.56 Å². The Kier molecular flexibility index (Phi) is 7.24. The third-order valence-corrected chi connectivity index (χ3v) is 6.08. The second-order valence-electron chi connectivity index (χ2n) is 10.2. The average Bonchev–Trinajstić information content (AvgIpc) is 3.24. The van der Waals surface area contributed by atoms with E-state index in [0.717, 1.165) is 5.56 Å². The summed E-state index contributed by atoms with van der Waals surface area (Å²) in [6.07, 6.45) is 0.205. The fraction of sp³-hybridized carbons (Fsp3) is 0.276. The lowest BCUT2D eigenvalue weighted by atomic mass is 9.95. The monoisotopic (exact) mass is 519 g/mol. The molecule has 38 heavy (non-hydrogen) atoms. The number of nitrogens with one attached hydrogen (secondary N) is 1. The topological polar surface area (TPSA) is 103 Å². The number of anilines is 1. The molecule has 2 aromatic carbocycles. The van der Waals surface area contributed by atoms with Crippen LogP contribution < -0.4 is 10.9 Å². The highest BCUT2D eigenvalue weighted by atomic mass is 19.1. The fourth-order valence-corrected chi connectivity index (χ4v) is 4.41. The lowest BCUT2D eigenvalue weighted by Gasteiger charge is -2.28. The number of ether oxygens (including phenoxy) is 1. The predicted octanol–water partition coefficient (Wildman–Crippen LogP) is 5.03. The third kappa shape index (κ3) is 5.52. The smallest absolute Gasteiger partial charge is 0.339 e. The van der Waals surface area contributed by atoms with Crippen molar-refractivity contribution in [3.05, 3.63) is 88.2 Å². The molecule has 198 valence electrons. The number of carboxylic acids is 1. The summed E-state index contributed by atoms with van der Waals surface area (Å²) < 4.78 is 22.0. The van der Waals surface area contributed by atoms with E-state index in [4.69, 9.17) is 4.74 Å². The molecule has 1 amide bonds. The number of carbonyl (C=O) groups excluding carboxylic acids is 1. The molecule has 0 spiro atoms. The molecule has 2 heterocycles. The number of hydrogen-bond acceptors (Lipinski definition) is 4. The number of halogens is 1. The zero-order valence-corrected chi connectivity index (χ0v) is 21.9. The van der Waals surface area contributed by atoms with Crippen LogP contribution in [-0.2, 0) is 27.9 Å². The van der Waals surface area contributed by atoms with E-state index in [2.05, 4.69) is 5.32 Å². The van der Waals surface area contributed by atoms with Crippen LogP contribution >= 0.6 is 0 Å². The molecule has 0 aliphatic heterocycles. The maximum Gasteiger partial charge on any atom is 0.339 e. The van der Waals surface area contributed by atoms with Crippen LogP contribution in [0.15, 0.2) is 65.6 Å². The van der Waals surface area contributed by atoms with Gasteiger partial charge in [0.15, 0.2) is 6.10 Å². The number of carbonyl (C=O) groups is 2. The fourth-order valence-electron chi connectivity index (χ4n) is 4.41. The maximum absolute atomic E-state index is 13.7. The SMILES string of the molecule is Cc1ccc(-c2c(C(OC(C)(C)C)C(=O)O)n(C)c(=O)c3c2ccn3CC(=O)Nc2ccc(F)cc2)cc1. The van der Waals surface area contributed by atoms with Crippen molar-refractivity contribution in [3.63, 3.8) is 0 Å². The highest BCUT2D eigenvalue weighted by molar-refractivity contribution is 5.99. The summed E-state index contributed by atoms with van der Waals surface area (Å²) >= 11 is 0. The molecule has 8 nitrogen and oxygen atoms in total. The first-order chi connectivity index (χ1) is 17.9. The molecule has 0 aliphatic rings. The number of aryl methyl sites for hydroxylation is 1. The van der Waals surface area contributed by atoms with Crippen LogP contribution in [0.1, 0.15) is 38.1 Å². The Hall–Kier alpha value is -4.24. The van der Waals surface area contributed by atoms with Gasteiger partial charge in [0.05, 0.1) is 11.3 Å². The maximum atomic E-state index is 13.7. The second-order valence-corrected chi connectivity index (χ2v) is 10.2. The number of amides is 1. The summed E-state index contributed by atoms with van der Waals surface area (Å²) in [7, 11) is 1.51. The highest BCUT2D eigenvalue weighted by Gasteiger charge is 2.33. The Labute approximate surface area is 219 Å². The molecule has 0 radical (unpaired) electrons. The Morgan fingerprint density at radius 3 is 2.26 bits per heavy atom. The van der Waals surface area contributed by atoms with E-state index < -0.39 is 35.0 Å². The van der Waals surface area contributed by atoms with E-state index in [-0.39, 0.29) is 17.8 Å². The van der Waals surface area contributed by atoms with Gasteiger partial charge in [0.1, 0.15) is 17.9 Å². The molecule has 1 unspecified atom stereocenters. The number of nitrogens with zero attached hydrogens (tertiary/aromatic N) is 2. The van der Waals surface area contributed by atoms with Crippen LogP contribution in [0.3, 0.4) is 0 Å². The van der Waals surface area contributed by atoms with Crippen molar-refractivity contribution < 1.29 is 23.8 Å². The van der Waals surface area contributed by atoms with Crippen LogP contribution in [-0.4, -0.2) is 31.7 Å². The molecule has 4 rings (SSSR count). The van der Waals surface area contributed by atoms with E-state index in [9.17, 15) is 23.9 Å². The molecule has 0 aliphatic carbocycles. The molecule has 0 bridgehead atoms. The normalized spacial score (nSPS) is 12.5. The third-order valence-electron chi connectivity index (χ3n) is 6.08. The molecule has 2 aromatic heterocycles. The molecule has 2 N–H and O–H groups in total. The number of aliphatic carboxylic acids is 1. The minimum Gasteiger partial charge on any atom is -0.479 e. The predicted molar refractivity (Wildman–Crippen MR) is 144 cm³/mol. The van der Waals surface area contributed by atoms with Gasteiger partial charge in [-0.05, 0) is 63.6 Å². The molecular formula is C29H30FN3O5. The van der Waals surface area contributed by atoms with Crippen molar-refractivity contribution in [3.8, 4) is 11.1 Å². The van der Waals surface area contributed by atoms with Gasteiger partial charge in [-0.3, -0.25) is 9.59 Å². The Bertz CT molecular complexity index is 1560. The molecule has 9 heteroatoms. The van der Waals surface area contributed by atoms with Crippen LogP contribution in [0, 0.1) is 12.7 Å². The number of pyridine rings is 1. The lowest BCUT2D eigenvalue weighted by molar-refractivity contribution is -0.161. The molecular weight excluding hydrogens is 489 g/mol. The Balaban J connectivity index is 1.89. The highest BCUT2D eigenvalue weighted by Crippen LogP contribution is 2.37. The van der Waals surface area contributed by atoms with Crippen LogP contribution in [0.25, 0.3) is 22.0 Å². The zero-order chi connectivity index (χ0) is 27.8. The summed E-state index contributed by atoms with van der Waals surface area (Å²) in [5.41, 5.74) is 1.89. The average molecular weight is 520 g/mol. The first kappa shape index (κ1) is 26.8. The number of aromatic nitrogens is 2. The Morgan fingerprint density at radius 1 is 1.05 bits per heavy atom. The van der Waals surface area contributed by atoms with Crippen LogP contribution in [0.5, 0.6) is 0 Å². The summed E-state index contributed by atoms with van der Waals surface area (Å²) in [6.45, 7) is 7.02. The minimum atomic E-state index is -1.42. The van der Waals surface area contributed by atoms with Gasteiger partial charge >= 0.3 is 5.97 Å². The zero-order valence-electron chi connectivity index (χ0n) is 21.9. The van der Waals surface area contributed by atoms with Gasteiger partial charge in [-0.1, -0.05) is 29.8 Å². The summed E-state index contributed by atoms with van der Waals surface area (Å²) in [4.78, 5) is 38.9. The van der Waals surface area contributed by atoms with Gasteiger partial charge in [0, 0.05) is 29.9 Å². The first-order valence-electron chi connectivity index (χ1n) is 12.1. The van der Waals surface area contributed by atoms with Crippen LogP contribution in [0.4, 0.5) is 10.1 Å². The van der Waals surface area contributed by atoms with E-state index in [1.165, 1.54) is 40.4 Å². The molecule has 4 aromatic rings. The van der Waals surface area contributed by atoms with Crippen LogP contribution in [0.2, 0.25) is 0 Å². The largest absolute Gasteiger partial charge is 0.479 e. The molecule has 0 fully saturated rings. The van der Waals surface area contributed by atoms with E-state index in [1.54, 1.807) is 33.0 Å². The van der Waals surface area contributed by atoms with Gasteiger partial charge in [-0.15, -0.1) is 0 Å². The van der Waals surface area contributed by atoms with Crippen molar-refractivity contribution in [2.45, 2.75) is 45.9 Å². The number of rotatable bonds is 7. The molecule has 0 saturated carbocycles. The second kappa shape index (κ2) is 10.3. The number of carboxylic acid groups (broad SMARTS) is 1. The summed E-state index contributed by atoms with van der Waals surface area (Å²) in [6, 6.07) is 14.6. The first-order valence-corrected chi connectivity index (χ1v) is 12.1. The van der Waals surface area contributed by atoms with Crippen molar-refractivity contribution in [1.82, 2.24) is 9.13 Å². The van der Waals surface area contributed by atoms with Crippen molar-refractivity contribution in [2.24, 2.45) is 7.05 Å². The number of fused-ring (bicyclic) bond motifs is 1. The van der Waals surface area contributed by atoms with Gasteiger partial charge in [0.2, 0.25) is 5.91 Å². The quantitative estimate of drug-likeness (QED) is 0.356. The molecule has 0 saturated heterocycles. The van der Waals surface area contributed by atoms with E-state index in [0.29, 0.717) is 22.2 Å². The summed E-state index contributed by atoms with van der Waals surface area (Å²) in [5.74, 6) is -2.05. The van der Waals surface area contributed by atoms with Crippen molar-refractivity contribution >= 4 is 28.5 Å².